The first-order chi connectivity index (χ1) is 13.2. The number of rotatable bonds is 5. The number of para-hydroxylation sites is 1. The van der Waals surface area contributed by atoms with Gasteiger partial charge in [0, 0.05) is 29.0 Å². The van der Waals surface area contributed by atoms with E-state index >= 15 is 0 Å². The van der Waals surface area contributed by atoms with Crippen LogP contribution in [-0.4, -0.2) is 16.6 Å². The van der Waals surface area contributed by atoms with E-state index in [1.165, 1.54) is 5.56 Å². The zero-order valence-electron chi connectivity index (χ0n) is 15.5. The second-order valence-electron chi connectivity index (χ2n) is 6.60. The minimum Gasteiger partial charge on any atom is -0.492 e. The molecule has 0 fully saturated rings. The topological polar surface area (TPSA) is 49.9 Å². The summed E-state index contributed by atoms with van der Waals surface area (Å²) in [6.07, 6.45) is 12.2. The Bertz CT molecular complexity index is 975. The maximum atomic E-state index is 5.80. The first kappa shape index (κ1) is 17.2. The summed E-state index contributed by atoms with van der Waals surface area (Å²) in [4.78, 5) is 8.05. The molecule has 1 aliphatic heterocycles. The molecule has 136 valence electrons. The average Bonchev–Trinajstić information content (AvgIpc) is 3.27. The van der Waals surface area contributed by atoms with Gasteiger partial charge in [-0.05, 0) is 37.1 Å². The molecule has 0 radical (unpaired) electrons. The highest BCUT2D eigenvalue weighted by atomic mass is 16.5. The molecule has 0 atom stereocenters. The molecule has 2 heterocycles. The van der Waals surface area contributed by atoms with Crippen LogP contribution in [0.3, 0.4) is 0 Å². The Hall–Kier alpha value is -3.27. The number of benzene rings is 1. The zero-order valence-corrected chi connectivity index (χ0v) is 15.5. The average molecular weight is 357 g/mol. The predicted molar refractivity (Wildman–Crippen MR) is 112 cm³/mol. The molecule has 1 aromatic carbocycles. The fraction of sp³-hybridized carbons (Fsp3) is 0.174. The van der Waals surface area contributed by atoms with Gasteiger partial charge in [-0.3, -0.25) is 0 Å². The summed E-state index contributed by atoms with van der Waals surface area (Å²) in [5, 5.41) is 3.39. The van der Waals surface area contributed by atoms with Gasteiger partial charge in [0.1, 0.15) is 11.6 Å². The van der Waals surface area contributed by atoms with Gasteiger partial charge in [0.15, 0.2) is 0 Å². The Morgan fingerprint density at radius 2 is 2.11 bits per heavy atom. The van der Waals surface area contributed by atoms with Crippen LogP contribution in [0.15, 0.2) is 55.3 Å². The third-order valence-corrected chi connectivity index (χ3v) is 4.82. The second-order valence-corrected chi connectivity index (χ2v) is 6.60. The quantitative estimate of drug-likeness (QED) is 0.744. The molecule has 2 aliphatic rings. The molecule has 4 heteroatoms. The molecular weight excluding hydrogens is 334 g/mol. The highest BCUT2D eigenvalue weighted by molar-refractivity contribution is 5.80. The summed E-state index contributed by atoms with van der Waals surface area (Å²) in [6.45, 7) is 11.2. The summed E-state index contributed by atoms with van der Waals surface area (Å²) in [6, 6.07) is 6.17. The minimum atomic E-state index is 0.724. The van der Waals surface area contributed by atoms with E-state index < -0.39 is 0 Å². The van der Waals surface area contributed by atoms with Gasteiger partial charge in [-0.15, -0.1) is 0 Å². The fourth-order valence-corrected chi connectivity index (χ4v) is 3.37. The van der Waals surface area contributed by atoms with E-state index in [1.807, 2.05) is 31.2 Å². The number of allylic oxidation sites excluding steroid dienone is 4. The number of hydrogen-bond acceptors (Lipinski definition) is 3. The number of ether oxygens (including phenoxy) is 1. The van der Waals surface area contributed by atoms with Gasteiger partial charge < -0.3 is 15.0 Å². The number of hydrogen-bond donors (Lipinski definition) is 2. The first-order valence-electron chi connectivity index (χ1n) is 9.17. The van der Waals surface area contributed by atoms with Crippen LogP contribution < -0.4 is 10.1 Å². The molecule has 4 rings (SSSR count). The van der Waals surface area contributed by atoms with Crippen LogP contribution in [0.5, 0.6) is 5.75 Å². The molecule has 1 aromatic heterocycles. The van der Waals surface area contributed by atoms with Gasteiger partial charge in [0.05, 0.1) is 18.0 Å². The summed E-state index contributed by atoms with van der Waals surface area (Å²) in [5.74, 6) is 1.68. The summed E-state index contributed by atoms with van der Waals surface area (Å²) < 4.78 is 5.80. The molecule has 0 amide bonds. The first-order valence-corrected chi connectivity index (χ1v) is 9.17. The molecule has 4 nitrogen and oxygen atoms in total. The lowest BCUT2D eigenvalue weighted by atomic mass is 10.1. The molecular formula is C23H23N3O. The Morgan fingerprint density at radius 1 is 1.26 bits per heavy atom. The van der Waals surface area contributed by atoms with Gasteiger partial charge in [0.2, 0.25) is 0 Å². The van der Waals surface area contributed by atoms with Crippen molar-refractivity contribution >= 4 is 23.4 Å². The van der Waals surface area contributed by atoms with E-state index in [0.717, 1.165) is 64.9 Å². The standard InChI is InChI=1S/C23H23N3O/c1-4-19(15(2)23-25-20-11-6-5-7-12-21(20)26-23)24-16(3)18-10-8-9-17-13-14-27-22(17)18/h4,6-12,24H,2-3,5,13-14H2,1H3,(H,25,26)/b19-4+. The summed E-state index contributed by atoms with van der Waals surface area (Å²) >= 11 is 0. The number of aromatic amines is 1. The molecule has 27 heavy (non-hydrogen) atoms. The largest absolute Gasteiger partial charge is 0.492 e. The predicted octanol–water partition coefficient (Wildman–Crippen LogP) is 4.95. The van der Waals surface area contributed by atoms with Crippen molar-refractivity contribution < 1.29 is 4.74 Å². The molecule has 0 spiro atoms. The Labute approximate surface area is 159 Å². The third kappa shape index (κ3) is 3.26. The molecule has 1 aliphatic carbocycles. The van der Waals surface area contributed by atoms with E-state index in [2.05, 4.69) is 52.7 Å². The van der Waals surface area contributed by atoms with Crippen LogP contribution >= 0.6 is 0 Å². The lowest BCUT2D eigenvalue weighted by Crippen LogP contribution is -2.13. The lowest BCUT2D eigenvalue weighted by molar-refractivity contribution is 0.356. The monoisotopic (exact) mass is 357 g/mol. The fourth-order valence-electron chi connectivity index (χ4n) is 3.37. The van der Waals surface area contributed by atoms with Crippen molar-refractivity contribution in [2.45, 2.75) is 19.8 Å². The maximum Gasteiger partial charge on any atom is 0.139 e. The van der Waals surface area contributed by atoms with Crippen LogP contribution in [0.4, 0.5) is 0 Å². The second kappa shape index (κ2) is 7.16. The van der Waals surface area contributed by atoms with Gasteiger partial charge >= 0.3 is 0 Å². The van der Waals surface area contributed by atoms with Crippen LogP contribution in [0.2, 0.25) is 0 Å². The molecule has 2 N–H and O–H groups in total. The van der Waals surface area contributed by atoms with E-state index in [0.29, 0.717) is 0 Å². The number of H-pyrrole nitrogens is 1. The van der Waals surface area contributed by atoms with Crippen LogP contribution in [-0.2, 0) is 6.42 Å². The highest BCUT2D eigenvalue weighted by Crippen LogP contribution is 2.33. The number of aromatic nitrogens is 2. The van der Waals surface area contributed by atoms with Gasteiger partial charge in [0.25, 0.3) is 0 Å². The Kier molecular flexibility index (Phi) is 4.55. The van der Waals surface area contributed by atoms with E-state index in [-0.39, 0.29) is 0 Å². The summed E-state index contributed by atoms with van der Waals surface area (Å²) in [7, 11) is 0. The highest BCUT2D eigenvalue weighted by Gasteiger charge is 2.19. The Morgan fingerprint density at radius 3 is 2.96 bits per heavy atom. The van der Waals surface area contributed by atoms with Crippen molar-refractivity contribution in [2.24, 2.45) is 0 Å². The van der Waals surface area contributed by atoms with Crippen molar-refractivity contribution in [3.05, 3.63) is 83.6 Å². The van der Waals surface area contributed by atoms with Gasteiger partial charge in [-0.1, -0.05) is 43.5 Å². The minimum absolute atomic E-state index is 0.724. The molecule has 0 saturated heterocycles. The van der Waals surface area contributed by atoms with Gasteiger partial charge in [-0.25, -0.2) is 4.98 Å². The molecule has 0 saturated carbocycles. The van der Waals surface area contributed by atoms with Crippen LogP contribution in [0.25, 0.3) is 23.4 Å². The van der Waals surface area contributed by atoms with E-state index in [4.69, 9.17) is 4.74 Å². The number of fused-ring (bicyclic) bond motifs is 2. The SMILES string of the molecule is C=C(/C(=C\C)NC(=C)c1cccc2c1OCC2)c1nc2c([nH]1)C=CCC=C2. The van der Waals surface area contributed by atoms with Gasteiger partial charge in [-0.2, -0.15) is 0 Å². The van der Waals surface area contributed by atoms with Crippen molar-refractivity contribution in [3.63, 3.8) is 0 Å². The number of nitrogens with zero attached hydrogens (tertiary/aromatic N) is 1. The van der Waals surface area contributed by atoms with E-state index in [9.17, 15) is 0 Å². The van der Waals surface area contributed by atoms with Crippen LogP contribution in [0.1, 0.15) is 41.7 Å². The van der Waals surface area contributed by atoms with E-state index in [1.54, 1.807) is 0 Å². The zero-order chi connectivity index (χ0) is 18.8. The molecule has 2 aromatic rings. The smallest absolute Gasteiger partial charge is 0.139 e. The third-order valence-electron chi connectivity index (χ3n) is 4.82. The van der Waals surface area contributed by atoms with Crippen molar-refractivity contribution in [1.82, 2.24) is 15.3 Å². The summed E-state index contributed by atoms with van der Waals surface area (Å²) in [5.41, 5.74) is 6.60. The normalized spacial score (nSPS) is 14.9. The lowest BCUT2D eigenvalue weighted by Gasteiger charge is -2.16. The van der Waals surface area contributed by atoms with Crippen molar-refractivity contribution in [2.75, 3.05) is 6.61 Å². The van der Waals surface area contributed by atoms with Crippen molar-refractivity contribution in [3.8, 4) is 5.75 Å². The maximum absolute atomic E-state index is 5.80. The Balaban J connectivity index is 1.56. The van der Waals surface area contributed by atoms with Crippen molar-refractivity contribution in [1.29, 1.82) is 0 Å². The number of imidazole rings is 1. The molecule has 0 bridgehead atoms. The van der Waals surface area contributed by atoms with Crippen LogP contribution in [0, 0.1) is 0 Å². The molecule has 0 unspecified atom stereocenters. The number of nitrogens with one attached hydrogen (secondary N) is 2.